The van der Waals surface area contributed by atoms with Crippen molar-refractivity contribution in [3.05, 3.63) is 58.0 Å². The fourth-order valence-corrected chi connectivity index (χ4v) is 2.69. The van der Waals surface area contributed by atoms with Gasteiger partial charge in [0.05, 0.1) is 4.88 Å². The molecule has 0 fully saturated rings. The van der Waals surface area contributed by atoms with Crippen LogP contribution >= 0.6 is 11.3 Å². The molecule has 3 N–H and O–H groups in total. The molecule has 0 aliphatic rings. The van der Waals surface area contributed by atoms with Gasteiger partial charge in [-0.2, -0.15) is 0 Å². The van der Waals surface area contributed by atoms with Gasteiger partial charge in [-0.1, -0.05) is 18.2 Å². The summed E-state index contributed by atoms with van der Waals surface area (Å²) in [6, 6.07) is 10.1. The molecule has 0 aliphatic heterocycles. The largest absolute Gasteiger partial charge is 0.356 e. The minimum Gasteiger partial charge on any atom is -0.356 e. The standard InChI is InChI=1S/C17H21FN4OS/c1-19-17(22-12-13-5-2-6-14(18)11-13)21-9-4-8-20-16(23)15-7-3-10-24-15/h2-3,5-7,10-11H,4,8-9,12H2,1H3,(H,20,23)(H2,19,21,22). The number of benzene rings is 1. The lowest BCUT2D eigenvalue weighted by Gasteiger charge is -2.12. The maximum Gasteiger partial charge on any atom is 0.261 e. The van der Waals surface area contributed by atoms with Crippen molar-refractivity contribution >= 4 is 23.2 Å². The zero-order valence-electron chi connectivity index (χ0n) is 13.5. The zero-order chi connectivity index (χ0) is 17.2. The molecule has 2 rings (SSSR count). The third-order valence-corrected chi connectivity index (χ3v) is 4.12. The Labute approximate surface area is 145 Å². The highest BCUT2D eigenvalue weighted by Gasteiger charge is 2.04. The topological polar surface area (TPSA) is 65.5 Å². The highest BCUT2D eigenvalue weighted by molar-refractivity contribution is 7.12. The van der Waals surface area contributed by atoms with Gasteiger partial charge >= 0.3 is 0 Å². The smallest absolute Gasteiger partial charge is 0.261 e. The van der Waals surface area contributed by atoms with E-state index >= 15 is 0 Å². The summed E-state index contributed by atoms with van der Waals surface area (Å²) in [4.78, 5) is 16.6. The molecule has 2 aromatic rings. The Morgan fingerprint density at radius 3 is 2.71 bits per heavy atom. The number of aliphatic imine (C=N–C) groups is 1. The monoisotopic (exact) mass is 348 g/mol. The summed E-state index contributed by atoms with van der Waals surface area (Å²) in [5.41, 5.74) is 0.848. The molecule has 0 aliphatic carbocycles. The van der Waals surface area contributed by atoms with Gasteiger partial charge in [0, 0.05) is 26.7 Å². The van der Waals surface area contributed by atoms with Crippen LogP contribution in [-0.4, -0.2) is 32.0 Å². The highest BCUT2D eigenvalue weighted by atomic mass is 32.1. The summed E-state index contributed by atoms with van der Waals surface area (Å²) in [5, 5.41) is 11.0. The predicted octanol–water partition coefficient (Wildman–Crippen LogP) is 2.37. The molecule has 7 heteroatoms. The average Bonchev–Trinajstić information content (AvgIpc) is 3.12. The van der Waals surface area contributed by atoms with Crippen LogP contribution in [0.4, 0.5) is 4.39 Å². The minimum absolute atomic E-state index is 0.0430. The molecule has 1 aromatic heterocycles. The molecule has 1 aromatic carbocycles. The molecule has 0 unspecified atom stereocenters. The van der Waals surface area contributed by atoms with Gasteiger partial charge in [-0.15, -0.1) is 11.3 Å². The van der Waals surface area contributed by atoms with Gasteiger partial charge in [-0.3, -0.25) is 9.79 Å². The van der Waals surface area contributed by atoms with Crippen LogP contribution in [-0.2, 0) is 6.54 Å². The summed E-state index contributed by atoms with van der Waals surface area (Å²) < 4.78 is 13.1. The minimum atomic E-state index is -0.251. The molecule has 24 heavy (non-hydrogen) atoms. The number of carbonyl (C=O) groups excluding carboxylic acids is 1. The fraction of sp³-hybridized carbons (Fsp3) is 0.294. The summed E-state index contributed by atoms with van der Waals surface area (Å²) >= 11 is 1.43. The van der Waals surface area contributed by atoms with Crippen LogP contribution in [0.1, 0.15) is 21.7 Å². The summed E-state index contributed by atoms with van der Waals surface area (Å²) in [6.45, 7) is 1.75. The van der Waals surface area contributed by atoms with Crippen LogP contribution in [0.5, 0.6) is 0 Å². The Hall–Kier alpha value is -2.41. The number of nitrogens with one attached hydrogen (secondary N) is 3. The first-order valence-electron chi connectivity index (χ1n) is 7.69. The van der Waals surface area contributed by atoms with Crippen LogP contribution in [0.25, 0.3) is 0 Å². The Kier molecular flexibility index (Phi) is 7.22. The maximum absolute atomic E-state index is 13.1. The van der Waals surface area contributed by atoms with Gasteiger partial charge in [0.25, 0.3) is 5.91 Å². The number of halogens is 1. The van der Waals surface area contributed by atoms with Crippen LogP contribution in [0.2, 0.25) is 0 Å². The van der Waals surface area contributed by atoms with Crippen LogP contribution in [0.3, 0.4) is 0 Å². The van der Waals surface area contributed by atoms with E-state index in [0.29, 0.717) is 25.6 Å². The van der Waals surface area contributed by atoms with Crippen molar-refractivity contribution in [1.29, 1.82) is 0 Å². The molecular weight excluding hydrogens is 327 g/mol. The first kappa shape index (κ1) is 17.9. The van der Waals surface area contributed by atoms with E-state index in [0.717, 1.165) is 16.9 Å². The second-order valence-corrected chi connectivity index (χ2v) is 6.02. The van der Waals surface area contributed by atoms with Crippen molar-refractivity contribution in [3.63, 3.8) is 0 Å². The Morgan fingerprint density at radius 1 is 1.17 bits per heavy atom. The van der Waals surface area contributed by atoms with Gasteiger partial charge in [0.15, 0.2) is 5.96 Å². The Bertz CT molecular complexity index is 673. The summed E-state index contributed by atoms with van der Waals surface area (Å²) in [6.07, 6.45) is 0.776. The lowest BCUT2D eigenvalue weighted by atomic mass is 10.2. The van der Waals surface area contributed by atoms with E-state index in [1.54, 1.807) is 19.2 Å². The molecule has 0 bridgehead atoms. The number of hydrogen-bond acceptors (Lipinski definition) is 3. The normalized spacial score (nSPS) is 11.2. The van der Waals surface area contributed by atoms with Crippen molar-refractivity contribution in [2.45, 2.75) is 13.0 Å². The van der Waals surface area contributed by atoms with Gasteiger partial charge in [-0.05, 0) is 35.6 Å². The predicted molar refractivity (Wildman–Crippen MR) is 95.9 cm³/mol. The molecule has 128 valence electrons. The van der Waals surface area contributed by atoms with Crippen LogP contribution in [0.15, 0.2) is 46.8 Å². The number of hydrogen-bond donors (Lipinski definition) is 3. The van der Waals surface area contributed by atoms with Crippen LogP contribution < -0.4 is 16.0 Å². The van der Waals surface area contributed by atoms with E-state index in [9.17, 15) is 9.18 Å². The number of nitrogens with zero attached hydrogens (tertiary/aromatic N) is 1. The third kappa shape index (κ3) is 6.00. The van der Waals surface area contributed by atoms with Gasteiger partial charge < -0.3 is 16.0 Å². The SMILES string of the molecule is CN=C(NCCCNC(=O)c1cccs1)NCc1cccc(F)c1. The first-order valence-corrected chi connectivity index (χ1v) is 8.57. The summed E-state index contributed by atoms with van der Waals surface area (Å²) in [5.74, 6) is 0.348. The molecule has 0 saturated heterocycles. The fourth-order valence-electron chi connectivity index (χ4n) is 2.05. The Morgan fingerprint density at radius 2 is 2.00 bits per heavy atom. The first-order chi connectivity index (χ1) is 11.7. The second-order valence-electron chi connectivity index (χ2n) is 5.07. The number of carbonyl (C=O) groups is 1. The van der Waals surface area contributed by atoms with E-state index in [4.69, 9.17) is 0 Å². The molecule has 5 nitrogen and oxygen atoms in total. The molecule has 0 radical (unpaired) electrons. The van der Waals surface area contributed by atoms with Crippen molar-refractivity contribution < 1.29 is 9.18 Å². The molecule has 1 heterocycles. The van der Waals surface area contributed by atoms with E-state index in [-0.39, 0.29) is 11.7 Å². The highest BCUT2D eigenvalue weighted by Crippen LogP contribution is 2.07. The van der Waals surface area contributed by atoms with Gasteiger partial charge in [-0.25, -0.2) is 4.39 Å². The van der Waals surface area contributed by atoms with Gasteiger partial charge in [0.1, 0.15) is 5.82 Å². The van der Waals surface area contributed by atoms with Crippen molar-refractivity contribution in [2.75, 3.05) is 20.1 Å². The van der Waals surface area contributed by atoms with E-state index in [1.807, 2.05) is 17.5 Å². The molecule has 1 amide bonds. The quantitative estimate of drug-likeness (QED) is 0.409. The molecule has 0 saturated carbocycles. The number of thiophene rings is 1. The van der Waals surface area contributed by atoms with Gasteiger partial charge in [0.2, 0.25) is 0 Å². The lowest BCUT2D eigenvalue weighted by Crippen LogP contribution is -2.38. The van der Waals surface area contributed by atoms with Crippen molar-refractivity contribution in [3.8, 4) is 0 Å². The third-order valence-electron chi connectivity index (χ3n) is 3.25. The maximum atomic E-state index is 13.1. The van der Waals surface area contributed by atoms with Crippen molar-refractivity contribution in [2.24, 2.45) is 4.99 Å². The van der Waals surface area contributed by atoms with Crippen molar-refractivity contribution in [1.82, 2.24) is 16.0 Å². The lowest BCUT2D eigenvalue weighted by molar-refractivity contribution is 0.0957. The molecule has 0 spiro atoms. The number of guanidine groups is 1. The van der Waals surface area contributed by atoms with E-state index in [2.05, 4.69) is 20.9 Å². The number of rotatable bonds is 7. The summed E-state index contributed by atoms with van der Waals surface area (Å²) in [7, 11) is 1.68. The molecular formula is C17H21FN4OS. The zero-order valence-corrected chi connectivity index (χ0v) is 14.3. The molecule has 0 atom stereocenters. The average molecular weight is 348 g/mol. The number of amides is 1. The Balaban J connectivity index is 1.62. The second kappa shape index (κ2) is 9.67. The van der Waals surface area contributed by atoms with Crippen LogP contribution in [0, 0.1) is 5.82 Å². The van der Waals surface area contributed by atoms with E-state index < -0.39 is 0 Å². The van der Waals surface area contributed by atoms with E-state index in [1.165, 1.54) is 23.5 Å².